The van der Waals surface area contributed by atoms with Gasteiger partial charge >= 0.3 is 5.97 Å². The van der Waals surface area contributed by atoms with Crippen molar-refractivity contribution in [2.45, 2.75) is 6.92 Å². The van der Waals surface area contributed by atoms with E-state index in [4.69, 9.17) is 4.74 Å². The number of pyridine rings is 2. The average molecular weight is 415 g/mol. The lowest BCUT2D eigenvalue weighted by molar-refractivity contribution is 0.0524. The lowest BCUT2D eigenvalue weighted by atomic mass is 10.1. The topological polar surface area (TPSA) is 64.4 Å². The van der Waals surface area contributed by atoms with Gasteiger partial charge in [-0.05, 0) is 25.1 Å². The number of hydrogen-bond acceptors (Lipinski definition) is 5. The van der Waals surface area contributed by atoms with Gasteiger partial charge in [0.1, 0.15) is 17.2 Å². The number of carbonyl (C=O) groups excluding carboxylic acids is 1. The Morgan fingerprint density at radius 2 is 1.87 bits per heavy atom. The minimum atomic E-state index is -0.940. The van der Waals surface area contributed by atoms with Crippen LogP contribution < -0.4 is 10.3 Å². The molecule has 1 aromatic carbocycles. The summed E-state index contributed by atoms with van der Waals surface area (Å²) in [6, 6.07) is 3.81. The van der Waals surface area contributed by atoms with Crippen molar-refractivity contribution < 1.29 is 22.7 Å². The third kappa shape index (κ3) is 3.32. The van der Waals surface area contributed by atoms with E-state index < -0.39 is 34.4 Å². The first-order valence-electron chi connectivity index (χ1n) is 9.19. The molecule has 0 amide bonds. The molecule has 0 unspecified atom stereocenters. The Morgan fingerprint density at radius 3 is 2.53 bits per heavy atom. The zero-order valence-corrected chi connectivity index (χ0v) is 15.9. The lowest BCUT2D eigenvalue weighted by Crippen LogP contribution is -2.24. The number of aromatic nitrogens is 2. The molecule has 0 spiro atoms. The van der Waals surface area contributed by atoms with Gasteiger partial charge in [0.05, 0.1) is 17.7 Å². The predicted octanol–water partition coefficient (Wildman–Crippen LogP) is 3.36. The zero-order chi connectivity index (χ0) is 21.4. The molecule has 4 rings (SSSR count). The Labute approximate surface area is 168 Å². The Bertz CT molecular complexity index is 1250. The molecule has 0 saturated heterocycles. The number of fused-ring (bicyclic) bond motifs is 1. The summed E-state index contributed by atoms with van der Waals surface area (Å²) in [6.07, 6.45) is 4.75. The molecule has 6 nitrogen and oxygen atoms in total. The molecular weight excluding hydrogens is 399 g/mol. The van der Waals surface area contributed by atoms with Crippen molar-refractivity contribution in [1.29, 1.82) is 0 Å². The summed E-state index contributed by atoms with van der Waals surface area (Å²) >= 11 is 0. The van der Waals surface area contributed by atoms with Crippen LogP contribution in [0.2, 0.25) is 0 Å². The van der Waals surface area contributed by atoms with Crippen LogP contribution in [0.1, 0.15) is 17.3 Å². The van der Waals surface area contributed by atoms with Crippen LogP contribution in [0, 0.1) is 17.5 Å². The summed E-state index contributed by atoms with van der Waals surface area (Å²) in [7, 11) is 0. The molecule has 3 aromatic rings. The summed E-state index contributed by atoms with van der Waals surface area (Å²) in [5.41, 5.74) is -1.43. The Morgan fingerprint density at radius 1 is 1.13 bits per heavy atom. The summed E-state index contributed by atoms with van der Waals surface area (Å²) in [5.74, 6) is -3.45. The van der Waals surface area contributed by atoms with Crippen LogP contribution in [0.5, 0.6) is 0 Å². The Kier molecular flexibility index (Phi) is 5.03. The van der Waals surface area contributed by atoms with Crippen LogP contribution in [0.15, 0.2) is 47.4 Å². The molecule has 0 fully saturated rings. The summed E-state index contributed by atoms with van der Waals surface area (Å²) in [5, 5.41) is -0.224. The number of nitrogens with zero attached hydrogens (tertiary/aromatic N) is 3. The van der Waals surface area contributed by atoms with E-state index in [1.807, 2.05) is 12.2 Å². The smallest absolute Gasteiger partial charge is 0.343 e. The number of benzene rings is 1. The fourth-order valence-corrected chi connectivity index (χ4v) is 3.30. The normalized spacial score (nSPS) is 13.3. The first-order chi connectivity index (χ1) is 14.4. The number of carbonyl (C=O) groups is 1. The van der Waals surface area contributed by atoms with Gasteiger partial charge in [0.15, 0.2) is 17.3 Å². The minimum absolute atomic E-state index is 0.00866. The standard InChI is InChI=1S/C21H16F3N3O3/c1-2-30-21(29)14-11-27(17-6-5-12(22)9-15(17)23)19-13(18(14)28)10-16(24)20(25-19)26-7-3-4-8-26/h3-6,9-11H,2,7-8H2,1H3. The molecule has 0 atom stereocenters. The zero-order valence-electron chi connectivity index (χ0n) is 15.9. The van der Waals surface area contributed by atoms with Gasteiger partial charge in [-0.3, -0.25) is 9.36 Å². The van der Waals surface area contributed by atoms with Crippen LogP contribution in [0.4, 0.5) is 19.0 Å². The summed E-state index contributed by atoms with van der Waals surface area (Å²) < 4.78 is 48.8. The first kappa shape index (κ1) is 19.7. The van der Waals surface area contributed by atoms with E-state index in [-0.39, 0.29) is 29.1 Å². The average Bonchev–Trinajstić information content (AvgIpc) is 3.23. The molecule has 9 heteroatoms. The largest absolute Gasteiger partial charge is 0.462 e. The molecule has 1 aliphatic heterocycles. The van der Waals surface area contributed by atoms with Crippen LogP contribution in [-0.4, -0.2) is 35.2 Å². The van der Waals surface area contributed by atoms with E-state index >= 15 is 0 Å². The van der Waals surface area contributed by atoms with Gasteiger partial charge in [-0.15, -0.1) is 0 Å². The van der Waals surface area contributed by atoms with Gasteiger partial charge in [-0.2, -0.15) is 0 Å². The molecule has 0 radical (unpaired) electrons. The van der Waals surface area contributed by atoms with E-state index in [1.54, 1.807) is 11.8 Å². The van der Waals surface area contributed by atoms with E-state index in [9.17, 15) is 22.8 Å². The van der Waals surface area contributed by atoms with Gasteiger partial charge in [0.2, 0.25) is 5.43 Å². The Balaban J connectivity index is 2.05. The van der Waals surface area contributed by atoms with Crippen LogP contribution in [0.25, 0.3) is 16.7 Å². The SMILES string of the molecule is CCOC(=O)c1cn(-c2ccc(F)cc2F)c2nc(N3CC=CC3)c(F)cc2c1=O. The molecule has 154 valence electrons. The molecule has 2 aromatic heterocycles. The number of esters is 1. The molecule has 0 saturated carbocycles. The monoisotopic (exact) mass is 415 g/mol. The predicted molar refractivity (Wildman–Crippen MR) is 105 cm³/mol. The highest BCUT2D eigenvalue weighted by molar-refractivity contribution is 5.94. The van der Waals surface area contributed by atoms with Crippen LogP contribution in [-0.2, 0) is 4.74 Å². The maximum absolute atomic E-state index is 14.8. The fraction of sp³-hybridized carbons (Fsp3) is 0.190. The van der Waals surface area contributed by atoms with Crippen LogP contribution >= 0.6 is 0 Å². The lowest BCUT2D eigenvalue weighted by Gasteiger charge is -2.19. The molecule has 0 bridgehead atoms. The second-order valence-electron chi connectivity index (χ2n) is 6.60. The molecule has 0 aliphatic carbocycles. The number of hydrogen-bond donors (Lipinski definition) is 0. The highest BCUT2D eigenvalue weighted by Gasteiger charge is 2.23. The number of halogens is 3. The molecule has 30 heavy (non-hydrogen) atoms. The fourth-order valence-electron chi connectivity index (χ4n) is 3.30. The number of ether oxygens (including phenoxy) is 1. The van der Waals surface area contributed by atoms with Crippen LogP contribution in [0.3, 0.4) is 0 Å². The molecule has 3 heterocycles. The third-order valence-corrected chi connectivity index (χ3v) is 4.70. The van der Waals surface area contributed by atoms with Crippen molar-refractivity contribution in [3.63, 3.8) is 0 Å². The second-order valence-corrected chi connectivity index (χ2v) is 6.60. The Hall–Kier alpha value is -3.62. The third-order valence-electron chi connectivity index (χ3n) is 4.70. The second kappa shape index (κ2) is 7.66. The van der Waals surface area contributed by atoms with Gasteiger partial charge < -0.3 is 9.64 Å². The maximum atomic E-state index is 14.8. The molecular formula is C21H16F3N3O3. The van der Waals surface area contributed by atoms with E-state index in [0.29, 0.717) is 19.2 Å². The molecule has 0 N–H and O–H groups in total. The van der Waals surface area contributed by atoms with Crippen molar-refractivity contribution in [1.82, 2.24) is 9.55 Å². The van der Waals surface area contributed by atoms with E-state index in [2.05, 4.69) is 4.98 Å². The maximum Gasteiger partial charge on any atom is 0.343 e. The highest BCUT2D eigenvalue weighted by atomic mass is 19.1. The van der Waals surface area contributed by atoms with Gasteiger partial charge in [-0.25, -0.2) is 22.9 Å². The summed E-state index contributed by atoms with van der Waals surface area (Å²) in [4.78, 5) is 31.0. The number of rotatable bonds is 4. The molecule has 1 aliphatic rings. The van der Waals surface area contributed by atoms with Crippen molar-refractivity contribution in [3.8, 4) is 5.69 Å². The van der Waals surface area contributed by atoms with Gasteiger partial charge in [-0.1, -0.05) is 12.2 Å². The van der Waals surface area contributed by atoms with Crippen molar-refractivity contribution in [2.24, 2.45) is 0 Å². The van der Waals surface area contributed by atoms with Crippen molar-refractivity contribution >= 4 is 22.8 Å². The van der Waals surface area contributed by atoms with Gasteiger partial charge in [0, 0.05) is 25.4 Å². The minimum Gasteiger partial charge on any atom is -0.462 e. The van der Waals surface area contributed by atoms with E-state index in [0.717, 1.165) is 29.0 Å². The van der Waals surface area contributed by atoms with E-state index in [1.165, 1.54) is 0 Å². The van der Waals surface area contributed by atoms with Gasteiger partial charge in [0.25, 0.3) is 0 Å². The number of anilines is 1. The quantitative estimate of drug-likeness (QED) is 0.483. The first-order valence-corrected chi connectivity index (χ1v) is 9.19. The van der Waals surface area contributed by atoms with Crippen molar-refractivity contribution in [3.05, 3.63) is 75.9 Å². The summed E-state index contributed by atoms with van der Waals surface area (Å²) in [6.45, 7) is 2.42. The highest BCUT2D eigenvalue weighted by Crippen LogP contribution is 2.26. The van der Waals surface area contributed by atoms with Crippen molar-refractivity contribution in [2.75, 3.05) is 24.6 Å².